The Bertz CT molecular complexity index is 671. The van der Waals surface area contributed by atoms with Crippen LogP contribution in [-0.4, -0.2) is 51.6 Å². The van der Waals surface area contributed by atoms with E-state index in [-0.39, 0.29) is 11.8 Å². The van der Waals surface area contributed by atoms with E-state index in [0.29, 0.717) is 12.5 Å². The number of rotatable bonds is 4. The van der Waals surface area contributed by atoms with Gasteiger partial charge >= 0.3 is 0 Å². The molecule has 2 aromatic rings. The fraction of sp³-hybridized carbons (Fsp3) is 0.588. The van der Waals surface area contributed by atoms with Crippen molar-refractivity contribution in [1.82, 2.24) is 19.4 Å². The molecule has 6 nitrogen and oxygen atoms in total. The Kier molecular flexibility index (Phi) is 4.62. The van der Waals surface area contributed by atoms with Gasteiger partial charge in [0.05, 0.1) is 30.3 Å². The zero-order chi connectivity index (χ0) is 16.4. The normalized spacial score (nSPS) is 22.2. The fourth-order valence-electron chi connectivity index (χ4n) is 3.65. The van der Waals surface area contributed by atoms with Crippen molar-refractivity contribution in [1.29, 1.82) is 0 Å². The van der Waals surface area contributed by atoms with E-state index in [1.165, 1.54) is 0 Å². The molecule has 4 rings (SSSR count). The summed E-state index contributed by atoms with van der Waals surface area (Å²) >= 11 is 1.62. The monoisotopic (exact) mass is 346 g/mol. The topological polar surface area (TPSA) is 60.2 Å². The predicted molar refractivity (Wildman–Crippen MR) is 90.9 cm³/mol. The molecule has 2 aliphatic heterocycles. The van der Waals surface area contributed by atoms with Crippen molar-refractivity contribution < 1.29 is 9.53 Å². The van der Waals surface area contributed by atoms with Crippen LogP contribution in [0.5, 0.6) is 0 Å². The van der Waals surface area contributed by atoms with Crippen LogP contribution in [0.15, 0.2) is 23.3 Å². The van der Waals surface area contributed by atoms with Gasteiger partial charge in [-0.25, -0.2) is 9.97 Å². The van der Waals surface area contributed by atoms with Gasteiger partial charge in [-0.3, -0.25) is 4.79 Å². The third kappa shape index (κ3) is 3.23. The number of hydrogen-bond donors (Lipinski definition) is 0. The minimum atomic E-state index is 0.0770. The standard InChI is InChI=1S/C17H22N4O2S/c22-17(14-3-8-23-10-14)20-5-1-13(2-6-20)16-18-4-7-21(16)9-15-11-24-12-19-15/h4,7,11-14H,1-3,5-6,8-10H2/t14-/m0/s1. The average Bonchev–Trinajstić information content (AvgIpc) is 3.37. The van der Waals surface area contributed by atoms with Gasteiger partial charge in [0.2, 0.25) is 5.91 Å². The Balaban J connectivity index is 1.37. The first-order valence-corrected chi connectivity index (χ1v) is 9.50. The van der Waals surface area contributed by atoms with E-state index in [9.17, 15) is 4.79 Å². The van der Waals surface area contributed by atoms with Crippen LogP contribution in [0, 0.1) is 5.92 Å². The molecular weight excluding hydrogens is 324 g/mol. The quantitative estimate of drug-likeness (QED) is 0.851. The summed E-state index contributed by atoms with van der Waals surface area (Å²) in [5.41, 5.74) is 2.94. The highest BCUT2D eigenvalue weighted by molar-refractivity contribution is 7.07. The van der Waals surface area contributed by atoms with Gasteiger partial charge in [-0.15, -0.1) is 11.3 Å². The Hall–Kier alpha value is -1.73. The number of piperidine rings is 1. The number of amides is 1. The van der Waals surface area contributed by atoms with Gasteiger partial charge in [-0.05, 0) is 19.3 Å². The molecule has 2 aliphatic rings. The van der Waals surface area contributed by atoms with Gasteiger partial charge in [0.15, 0.2) is 0 Å². The number of carbonyl (C=O) groups excluding carboxylic acids is 1. The van der Waals surface area contributed by atoms with Crippen molar-refractivity contribution in [2.24, 2.45) is 5.92 Å². The number of aromatic nitrogens is 3. The second-order valence-electron chi connectivity index (χ2n) is 6.55. The first kappa shape index (κ1) is 15.8. The van der Waals surface area contributed by atoms with Crippen LogP contribution >= 0.6 is 11.3 Å². The van der Waals surface area contributed by atoms with Gasteiger partial charge in [0, 0.05) is 43.4 Å². The van der Waals surface area contributed by atoms with Crippen molar-refractivity contribution in [2.75, 3.05) is 26.3 Å². The molecule has 7 heteroatoms. The maximum absolute atomic E-state index is 12.5. The third-order valence-corrected chi connectivity index (χ3v) is 5.65. The Morgan fingerprint density at radius 3 is 2.88 bits per heavy atom. The molecule has 128 valence electrons. The molecule has 0 bridgehead atoms. The third-order valence-electron chi connectivity index (χ3n) is 5.01. The lowest BCUT2D eigenvalue weighted by molar-refractivity contribution is -0.136. The molecule has 2 aromatic heterocycles. The SMILES string of the molecule is O=C([C@H]1CCOC1)N1CCC(c2nccn2Cc2cscn2)CC1. The number of ether oxygens (including phenoxy) is 1. The summed E-state index contributed by atoms with van der Waals surface area (Å²) in [6, 6.07) is 0. The molecule has 2 saturated heterocycles. The van der Waals surface area contributed by atoms with Crippen molar-refractivity contribution >= 4 is 17.2 Å². The Morgan fingerprint density at radius 2 is 2.17 bits per heavy atom. The van der Waals surface area contributed by atoms with Crippen molar-refractivity contribution in [3.8, 4) is 0 Å². The molecule has 0 aliphatic carbocycles. The zero-order valence-electron chi connectivity index (χ0n) is 13.6. The van der Waals surface area contributed by atoms with Crippen LogP contribution in [-0.2, 0) is 16.1 Å². The summed E-state index contributed by atoms with van der Waals surface area (Å²) in [7, 11) is 0. The van der Waals surface area contributed by atoms with Gasteiger partial charge in [0.1, 0.15) is 5.82 Å². The van der Waals surface area contributed by atoms with Crippen molar-refractivity contribution in [2.45, 2.75) is 31.7 Å². The largest absolute Gasteiger partial charge is 0.381 e. The van der Waals surface area contributed by atoms with E-state index in [2.05, 4.69) is 19.9 Å². The molecule has 0 radical (unpaired) electrons. The average molecular weight is 346 g/mol. The highest BCUT2D eigenvalue weighted by Crippen LogP contribution is 2.29. The number of hydrogen-bond acceptors (Lipinski definition) is 5. The van der Waals surface area contributed by atoms with Gasteiger partial charge < -0.3 is 14.2 Å². The van der Waals surface area contributed by atoms with Gasteiger partial charge in [-0.1, -0.05) is 0 Å². The summed E-state index contributed by atoms with van der Waals surface area (Å²) in [5.74, 6) is 1.90. The minimum absolute atomic E-state index is 0.0770. The van der Waals surface area contributed by atoms with Crippen LogP contribution < -0.4 is 0 Å². The summed E-state index contributed by atoms with van der Waals surface area (Å²) in [6.45, 7) is 3.74. The Morgan fingerprint density at radius 1 is 1.29 bits per heavy atom. The molecule has 1 amide bonds. The summed E-state index contributed by atoms with van der Waals surface area (Å²) in [4.78, 5) is 23.5. The van der Waals surface area contributed by atoms with Crippen LogP contribution in [0.1, 0.15) is 36.7 Å². The summed E-state index contributed by atoms with van der Waals surface area (Å²) in [6.07, 6.45) is 6.73. The molecule has 0 spiro atoms. The number of nitrogens with zero attached hydrogens (tertiary/aromatic N) is 4. The van der Waals surface area contributed by atoms with E-state index in [4.69, 9.17) is 4.74 Å². The van der Waals surface area contributed by atoms with E-state index in [1.54, 1.807) is 11.3 Å². The van der Waals surface area contributed by atoms with E-state index in [0.717, 1.165) is 57.0 Å². The zero-order valence-corrected chi connectivity index (χ0v) is 14.5. The van der Waals surface area contributed by atoms with Gasteiger partial charge in [0.25, 0.3) is 0 Å². The van der Waals surface area contributed by atoms with E-state index < -0.39 is 0 Å². The predicted octanol–water partition coefficient (Wildman–Crippen LogP) is 2.13. The lowest BCUT2D eigenvalue weighted by atomic mass is 9.94. The lowest BCUT2D eigenvalue weighted by Gasteiger charge is -2.33. The molecular formula is C17H22N4O2S. The lowest BCUT2D eigenvalue weighted by Crippen LogP contribution is -2.41. The number of likely N-dealkylation sites (tertiary alicyclic amines) is 1. The maximum Gasteiger partial charge on any atom is 0.228 e. The first-order valence-electron chi connectivity index (χ1n) is 8.56. The molecule has 0 saturated carbocycles. The van der Waals surface area contributed by atoms with Crippen LogP contribution in [0.25, 0.3) is 0 Å². The smallest absolute Gasteiger partial charge is 0.228 e. The Labute approximate surface area is 145 Å². The van der Waals surface area contributed by atoms with E-state index >= 15 is 0 Å². The molecule has 0 aromatic carbocycles. The fourth-order valence-corrected chi connectivity index (χ4v) is 4.20. The summed E-state index contributed by atoms with van der Waals surface area (Å²) in [5, 5.41) is 2.08. The molecule has 2 fully saturated rings. The number of carbonyl (C=O) groups is 1. The highest BCUT2D eigenvalue weighted by Gasteiger charge is 2.31. The maximum atomic E-state index is 12.5. The summed E-state index contributed by atoms with van der Waals surface area (Å²) < 4.78 is 7.55. The molecule has 0 unspecified atom stereocenters. The molecule has 24 heavy (non-hydrogen) atoms. The van der Waals surface area contributed by atoms with Crippen LogP contribution in [0.4, 0.5) is 0 Å². The molecule has 0 N–H and O–H groups in total. The molecule has 4 heterocycles. The molecule has 1 atom stereocenters. The van der Waals surface area contributed by atoms with Crippen LogP contribution in [0.2, 0.25) is 0 Å². The minimum Gasteiger partial charge on any atom is -0.381 e. The van der Waals surface area contributed by atoms with Crippen molar-refractivity contribution in [3.63, 3.8) is 0 Å². The highest BCUT2D eigenvalue weighted by atomic mass is 32.1. The second-order valence-corrected chi connectivity index (χ2v) is 7.27. The first-order chi connectivity index (χ1) is 11.8. The van der Waals surface area contributed by atoms with E-state index in [1.807, 2.05) is 22.8 Å². The number of imidazole rings is 1. The van der Waals surface area contributed by atoms with Crippen LogP contribution in [0.3, 0.4) is 0 Å². The second kappa shape index (κ2) is 7.03. The number of thiazole rings is 1. The van der Waals surface area contributed by atoms with Gasteiger partial charge in [-0.2, -0.15) is 0 Å². The van der Waals surface area contributed by atoms with Crippen molar-refractivity contribution in [3.05, 3.63) is 34.8 Å².